The Hall–Kier alpha value is -1.97. The zero-order valence-corrected chi connectivity index (χ0v) is 7.01. The van der Waals surface area contributed by atoms with Crippen LogP contribution in [-0.4, -0.2) is 15.3 Å². The Labute approximate surface area is 76.0 Å². The fraction of sp³-hybridized carbons (Fsp3) is 0. The monoisotopic (exact) mass is 177 g/mol. The molecule has 0 spiro atoms. The predicted octanol–water partition coefficient (Wildman–Crippen LogP) is 1.38. The van der Waals surface area contributed by atoms with E-state index in [1.807, 2.05) is 6.07 Å². The van der Waals surface area contributed by atoms with Crippen molar-refractivity contribution in [1.82, 2.24) is 10.2 Å². The van der Waals surface area contributed by atoms with E-state index in [-0.39, 0.29) is 5.75 Å². The molecule has 2 aromatic rings. The number of nitrogen functional groups attached to an aromatic ring is 1. The molecule has 4 N–H and O–H groups in total. The van der Waals surface area contributed by atoms with Crippen molar-refractivity contribution in [2.24, 2.45) is 0 Å². The van der Waals surface area contributed by atoms with Gasteiger partial charge in [-0.2, -0.15) is 5.10 Å². The van der Waals surface area contributed by atoms with Crippen molar-refractivity contribution < 1.29 is 5.11 Å². The Balaban J connectivity index is 0.000000145. The van der Waals surface area contributed by atoms with E-state index in [4.69, 9.17) is 10.8 Å². The molecule has 4 nitrogen and oxygen atoms in total. The quantitative estimate of drug-likeness (QED) is 0.532. The highest BCUT2D eigenvalue weighted by molar-refractivity contribution is 5.42. The van der Waals surface area contributed by atoms with Crippen LogP contribution >= 0.6 is 0 Å². The topological polar surface area (TPSA) is 74.9 Å². The van der Waals surface area contributed by atoms with Gasteiger partial charge in [-0.05, 0) is 18.2 Å². The summed E-state index contributed by atoms with van der Waals surface area (Å²) in [5.74, 6) is 0.213. The summed E-state index contributed by atoms with van der Waals surface area (Å²) in [5, 5.41) is 14.9. The zero-order valence-electron chi connectivity index (χ0n) is 7.01. The van der Waals surface area contributed by atoms with Crippen molar-refractivity contribution >= 4 is 5.69 Å². The summed E-state index contributed by atoms with van der Waals surface area (Å²) in [5.41, 5.74) is 5.89. The third-order valence-corrected chi connectivity index (χ3v) is 1.28. The number of aromatic nitrogens is 2. The molecule has 0 aliphatic heterocycles. The second kappa shape index (κ2) is 4.82. The smallest absolute Gasteiger partial charge is 0.117 e. The second-order valence-corrected chi connectivity index (χ2v) is 2.36. The van der Waals surface area contributed by atoms with Crippen LogP contribution in [0.1, 0.15) is 0 Å². The normalized spacial score (nSPS) is 8.62. The summed E-state index contributed by atoms with van der Waals surface area (Å²) in [6, 6.07) is 8.33. The van der Waals surface area contributed by atoms with Gasteiger partial charge in [-0.15, -0.1) is 0 Å². The second-order valence-electron chi connectivity index (χ2n) is 2.36. The van der Waals surface area contributed by atoms with Crippen LogP contribution < -0.4 is 5.73 Å². The number of nitrogens with zero attached hydrogens (tertiary/aromatic N) is 1. The molecule has 0 saturated carbocycles. The third kappa shape index (κ3) is 3.81. The van der Waals surface area contributed by atoms with Gasteiger partial charge in [0.15, 0.2) is 0 Å². The maximum atomic E-state index is 8.73. The number of hydrogen-bond donors (Lipinski definition) is 3. The van der Waals surface area contributed by atoms with Crippen LogP contribution in [-0.2, 0) is 0 Å². The fourth-order valence-corrected chi connectivity index (χ4v) is 0.740. The summed E-state index contributed by atoms with van der Waals surface area (Å²) >= 11 is 0. The first-order valence-electron chi connectivity index (χ1n) is 3.77. The number of phenolic OH excluding ortho intramolecular Hbond substituents is 1. The molecule has 2 rings (SSSR count). The number of H-pyrrole nitrogens is 1. The van der Waals surface area contributed by atoms with Gasteiger partial charge in [0, 0.05) is 24.1 Å². The average molecular weight is 177 g/mol. The first kappa shape index (κ1) is 9.12. The molecule has 0 aliphatic rings. The molecule has 0 saturated heterocycles. The lowest BCUT2D eigenvalue weighted by atomic mass is 10.3. The molecular weight excluding hydrogens is 166 g/mol. The minimum Gasteiger partial charge on any atom is -0.508 e. The number of nitrogens with one attached hydrogen (secondary N) is 1. The van der Waals surface area contributed by atoms with Crippen molar-refractivity contribution in [3.05, 3.63) is 42.7 Å². The van der Waals surface area contributed by atoms with Gasteiger partial charge in [-0.1, -0.05) is 6.07 Å². The number of anilines is 1. The van der Waals surface area contributed by atoms with Crippen LogP contribution in [0.5, 0.6) is 5.75 Å². The van der Waals surface area contributed by atoms with Gasteiger partial charge < -0.3 is 10.8 Å². The summed E-state index contributed by atoms with van der Waals surface area (Å²) < 4.78 is 0. The Morgan fingerprint density at radius 3 is 2.46 bits per heavy atom. The van der Waals surface area contributed by atoms with Crippen molar-refractivity contribution in [3.63, 3.8) is 0 Å². The van der Waals surface area contributed by atoms with Crippen molar-refractivity contribution in [2.75, 3.05) is 5.73 Å². The maximum Gasteiger partial charge on any atom is 0.117 e. The van der Waals surface area contributed by atoms with Crippen LogP contribution in [0.2, 0.25) is 0 Å². The molecule has 1 aromatic heterocycles. The Bertz CT molecular complexity index is 298. The van der Waals surface area contributed by atoms with E-state index in [2.05, 4.69) is 10.2 Å². The Morgan fingerprint density at radius 2 is 2.15 bits per heavy atom. The molecule has 0 radical (unpaired) electrons. The van der Waals surface area contributed by atoms with Gasteiger partial charge in [0.2, 0.25) is 0 Å². The summed E-state index contributed by atoms with van der Waals surface area (Å²) in [6.45, 7) is 0. The van der Waals surface area contributed by atoms with E-state index in [9.17, 15) is 0 Å². The lowest BCUT2D eigenvalue weighted by Crippen LogP contribution is -1.80. The van der Waals surface area contributed by atoms with E-state index < -0.39 is 0 Å². The van der Waals surface area contributed by atoms with Gasteiger partial charge in [0.1, 0.15) is 5.75 Å². The SMILES string of the molecule is Nc1cccc(O)c1.c1cn[nH]c1. The van der Waals surface area contributed by atoms with E-state index in [1.165, 1.54) is 6.07 Å². The number of rotatable bonds is 0. The summed E-state index contributed by atoms with van der Waals surface area (Å²) in [4.78, 5) is 0. The molecule has 13 heavy (non-hydrogen) atoms. The van der Waals surface area contributed by atoms with Crippen LogP contribution in [0.3, 0.4) is 0 Å². The van der Waals surface area contributed by atoms with E-state index in [1.54, 1.807) is 30.6 Å². The number of benzene rings is 1. The minimum absolute atomic E-state index is 0.213. The van der Waals surface area contributed by atoms with Gasteiger partial charge in [0.25, 0.3) is 0 Å². The van der Waals surface area contributed by atoms with Gasteiger partial charge in [0.05, 0.1) is 0 Å². The van der Waals surface area contributed by atoms with Crippen LogP contribution in [0.15, 0.2) is 42.7 Å². The molecule has 0 fully saturated rings. The highest BCUT2D eigenvalue weighted by Gasteiger charge is 1.83. The number of hydrogen-bond acceptors (Lipinski definition) is 3. The average Bonchev–Trinajstić information content (AvgIpc) is 2.59. The number of nitrogens with two attached hydrogens (primary N) is 1. The molecule has 0 amide bonds. The van der Waals surface area contributed by atoms with Crippen molar-refractivity contribution in [2.45, 2.75) is 0 Å². The van der Waals surface area contributed by atoms with Crippen molar-refractivity contribution in [1.29, 1.82) is 0 Å². The maximum absolute atomic E-state index is 8.73. The van der Waals surface area contributed by atoms with Crippen LogP contribution in [0, 0.1) is 0 Å². The van der Waals surface area contributed by atoms with Gasteiger partial charge in [-0.3, -0.25) is 5.10 Å². The fourth-order valence-electron chi connectivity index (χ4n) is 0.740. The summed E-state index contributed by atoms with van der Waals surface area (Å²) in [7, 11) is 0. The first-order valence-corrected chi connectivity index (χ1v) is 3.77. The third-order valence-electron chi connectivity index (χ3n) is 1.28. The molecule has 0 aliphatic carbocycles. The largest absolute Gasteiger partial charge is 0.508 e. The standard InChI is InChI=1S/C6H7NO.C3H4N2/c7-5-2-1-3-6(8)4-5;1-2-4-5-3-1/h1-4,8H,7H2;1-3H,(H,4,5). The van der Waals surface area contributed by atoms with E-state index in [0.29, 0.717) is 5.69 Å². The van der Waals surface area contributed by atoms with Gasteiger partial charge >= 0.3 is 0 Å². The van der Waals surface area contributed by atoms with Crippen LogP contribution in [0.4, 0.5) is 5.69 Å². The first-order chi connectivity index (χ1) is 6.29. The molecule has 1 aromatic carbocycles. The van der Waals surface area contributed by atoms with E-state index >= 15 is 0 Å². The Kier molecular flexibility index (Phi) is 3.38. The lowest BCUT2D eigenvalue weighted by Gasteiger charge is -1.90. The predicted molar refractivity (Wildman–Crippen MR) is 51.1 cm³/mol. The summed E-state index contributed by atoms with van der Waals surface area (Å²) in [6.07, 6.45) is 3.46. The lowest BCUT2D eigenvalue weighted by molar-refractivity contribution is 0.475. The molecule has 0 atom stereocenters. The van der Waals surface area contributed by atoms with E-state index in [0.717, 1.165) is 0 Å². The highest BCUT2D eigenvalue weighted by atomic mass is 16.3. The Morgan fingerprint density at radius 1 is 1.31 bits per heavy atom. The number of phenols is 1. The zero-order chi connectivity index (χ0) is 9.52. The molecular formula is C9H11N3O. The number of aromatic amines is 1. The molecule has 0 bridgehead atoms. The highest BCUT2D eigenvalue weighted by Crippen LogP contribution is 2.10. The molecule has 1 heterocycles. The molecule has 0 unspecified atom stereocenters. The number of aromatic hydroxyl groups is 1. The molecule has 68 valence electrons. The van der Waals surface area contributed by atoms with Gasteiger partial charge in [-0.25, -0.2) is 0 Å². The van der Waals surface area contributed by atoms with Crippen LogP contribution in [0.25, 0.3) is 0 Å². The minimum atomic E-state index is 0.213. The van der Waals surface area contributed by atoms with Crippen molar-refractivity contribution in [3.8, 4) is 5.75 Å². The molecule has 4 heteroatoms.